The van der Waals surface area contributed by atoms with E-state index in [1.165, 1.54) is 22.0 Å². The monoisotopic (exact) mass is 276 g/mol. The van der Waals surface area contributed by atoms with Gasteiger partial charge in [-0.1, -0.05) is 23.5 Å². The van der Waals surface area contributed by atoms with Crippen LogP contribution < -0.4 is 0 Å². The number of halogens is 1. The molecular formula is C12H9FN4OS. The third-order valence-corrected chi connectivity index (χ3v) is 3.38. The highest BCUT2D eigenvalue weighted by Gasteiger charge is 2.15. The highest BCUT2D eigenvalue weighted by molar-refractivity contribution is 7.14. The first kappa shape index (κ1) is 11.9. The molecule has 0 aliphatic heterocycles. The van der Waals surface area contributed by atoms with Crippen LogP contribution in [0.1, 0.15) is 21.7 Å². The molecule has 0 fully saturated rings. The summed E-state index contributed by atoms with van der Waals surface area (Å²) < 4.78 is 14.5. The second-order valence-electron chi connectivity index (χ2n) is 4.13. The number of aromatic nitrogens is 4. The second kappa shape index (κ2) is 4.51. The highest BCUT2D eigenvalue weighted by Crippen LogP contribution is 2.12. The molecule has 0 radical (unpaired) electrons. The summed E-state index contributed by atoms with van der Waals surface area (Å²) in [4.78, 5) is 16.7. The number of Topliss-reactive ketones (excluding diaryl/α,β-unsaturated/α-hetero) is 1. The molecule has 3 rings (SSSR count). The number of ketones is 1. The molecule has 1 aromatic carbocycles. The average molecular weight is 276 g/mol. The van der Waals surface area contributed by atoms with Gasteiger partial charge in [0.15, 0.2) is 0 Å². The summed E-state index contributed by atoms with van der Waals surface area (Å²) in [6, 6.07) is 4.61. The van der Waals surface area contributed by atoms with Crippen molar-refractivity contribution >= 4 is 22.1 Å². The van der Waals surface area contributed by atoms with Crippen LogP contribution in [0, 0.1) is 12.7 Å². The van der Waals surface area contributed by atoms with E-state index < -0.39 is 0 Å². The van der Waals surface area contributed by atoms with Crippen molar-refractivity contribution in [3.8, 4) is 0 Å². The maximum absolute atomic E-state index is 13.1. The lowest BCUT2D eigenvalue weighted by atomic mass is 10.1. The highest BCUT2D eigenvalue weighted by atomic mass is 32.1. The predicted octanol–water partition coefficient (Wildman–Crippen LogP) is 2.06. The number of hydrogen-bond acceptors (Lipinski definition) is 5. The molecule has 19 heavy (non-hydrogen) atoms. The van der Waals surface area contributed by atoms with Crippen LogP contribution in [0.15, 0.2) is 23.7 Å². The Kier molecular flexibility index (Phi) is 2.83. The van der Waals surface area contributed by atoms with Gasteiger partial charge in [0.2, 0.25) is 16.6 Å². The summed E-state index contributed by atoms with van der Waals surface area (Å²) in [6.07, 6.45) is 0.152. The molecule has 0 unspecified atom stereocenters. The van der Waals surface area contributed by atoms with Crippen molar-refractivity contribution in [3.05, 3.63) is 46.5 Å². The lowest BCUT2D eigenvalue weighted by molar-refractivity contribution is 0.0983. The molecule has 0 amide bonds. The van der Waals surface area contributed by atoms with Gasteiger partial charge in [0.1, 0.15) is 11.3 Å². The van der Waals surface area contributed by atoms with E-state index in [-0.39, 0.29) is 23.8 Å². The van der Waals surface area contributed by atoms with Gasteiger partial charge < -0.3 is 0 Å². The zero-order valence-electron chi connectivity index (χ0n) is 10.00. The summed E-state index contributed by atoms with van der Waals surface area (Å²) in [7, 11) is 0. The molecule has 2 heterocycles. The van der Waals surface area contributed by atoms with Crippen molar-refractivity contribution in [2.24, 2.45) is 0 Å². The average Bonchev–Trinajstić information content (AvgIpc) is 2.94. The van der Waals surface area contributed by atoms with Crippen LogP contribution in [0.25, 0.3) is 4.96 Å². The lowest BCUT2D eigenvalue weighted by Crippen LogP contribution is -2.07. The number of carbonyl (C=O) groups excluding carboxylic acids is 1. The Balaban J connectivity index is 1.84. The third kappa shape index (κ3) is 2.24. The van der Waals surface area contributed by atoms with Crippen LogP contribution in [-0.2, 0) is 6.42 Å². The topological polar surface area (TPSA) is 60.2 Å². The van der Waals surface area contributed by atoms with Crippen molar-refractivity contribution in [2.45, 2.75) is 13.3 Å². The standard InChI is InChI=1S/C12H9FN4OS/c1-7-4-8(2-3-9(7)13)5-10(18)11-15-12-17(16-11)14-6-19-12/h2-4,6H,5H2,1H3. The Morgan fingerprint density at radius 3 is 3.05 bits per heavy atom. The molecular weight excluding hydrogens is 267 g/mol. The molecule has 2 aromatic heterocycles. The Labute approximate surface area is 111 Å². The zero-order chi connectivity index (χ0) is 13.4. The Hall–Kier alpha value is -2.15. The van der Waals surface area contributed by atoms with Gasteiger partial charge in [-0.15, -0.1) is 14.8 Å². The van der Waals surface area contributed by atoms with Gasteiger partial charge in [-0.05, 0) is 24.1 Å². The molecule has 0 aliphatic rings. The minimum atomic E-state index is -0.277. The normalized spacial score (nSPS) is 11.1. The Morgan fingerprint density at radius 1 is 1.47 bits per heavy atom. The number of aryl methyl sites for hydroxylation is 1. The first-order valence-electron chi connectivity index (χ1n) is 5.58. The fraction of sp³-hybridized carbons (Fsp3) is 0.167. The van der Waals surface area contributed by atoms with Crippen molar-refractivity contribution in [1.82, 2.24) is 19.8 Å². The molecule has 0 saturated carbocycles. The third-order valence-electron chi connectivity index (χ3n) is 2.71. The summed E-state index contributed by atoms with van der Waals surface area (Å²) in [5, 5.41) is 7.90. The zero-order valence-corrected chi connectivity index (χ0v) is 10.8. The quantitative estimate of drug-likeness (QED) is 0.687. The molecule has 0 bridgehead atoms. The molecule has 0 N–H and O–H groups in total. The molecule has 3 aromatic rings. The van der Waals surface area contributed by atoms with Crippen molar-refractivity contribution in [2.75, 3.05) is 0 Å². The minimum Gasteiger partial charge on any atom is -0.290 e. The number of nitrogens with zero attached hydrogens (tertiary/aromatic N) is 4. The van der Waals surface area contributed by atoms with E-state index in [0.29, 0.717) is 10.5 Å². The van der Waals surface area contributed by atoms with Gasteiger partial charge >= 0.3 is 0 Å². The van der Waals surface area contributed by atoms with Crippen molar-refractivity contribution in [3.63, 3.8) is 0 Å². The predicted molar refractivity (Wildman–Crippen MR) is 67.8 cm³/mol. The summed E-state index contributed by atoms with van der Waals surface area (Å²) in [5.74, 6) is -0.342. The van der Waals surface area contributed by atoms with E-state index >= 15 is 0 Å². The van der Waals surface area contributed by atoms with Gasteiger partial charge in [-0.2, -0.15) is 4.98 Å². The van der Waals surface area contributed by atoms with Gasteiger partial charge in [-0.3, -0.25) is 4.79 Å². The van der Waals surface area contributed by atoms with E-state index in [0.717, 1.165) is 5.56 Å². The van der Waals surface area contributed by atoms with Crippen molar-refractivity contribution < 1.29 is 9.18 Å². The van der Waals surface area contributed by atoms with Gasteiger partial charge in [0.25, 0.3) is 0 Å². The number of hydrogen-bond donors (Lipinski definition) is 0. The Bertz CT molecular complexity index is 736. The number of carbonyl (C=O) groups is 1. The second-order valence-corrected chi connectivity index (χ2v) is 4.94. The SMILES string of the molecule is Cc1cc(CC(=O)c2nc3scnn3n2)ccc1F. The summed E-state index contributed by atoms with van der Waals surface area (Å²) in [6.45, 7) is 1.66. The van der Waals surface area contributed by atoms with Gasteiger partial charge in [-0.25, -0.2) is 4.39 Å². The van der Waals surface area contributed by atoms with Crippen LogP contribution in [-0.4, -0.2) is 25.6 Å². The number of rotatable bonds is 3. The van der Waals surface area contributed by atoms with Gasteiger partial charge in [0, 0.05) is 6.42 Å². The smallest absolute Gasteiger partial charge is 0.233 e. The molecule has 0 atom stereocenters. The van der Waals surface area contributed by atoms with Crippen LogP contribution in [0.3, 0.4) is 0 Å². The number of fused-ring (bicyclic) bond motifs is 1. The largest absolute Gasteiger partial charge is 0.290 e. The fourth-order valence-corrected chi connectivity index (χ4v) is 2.31. The van der Waals surface area contributed by atoms with Crippen molar-refractivity contribution in [1.29, 1.82) is 0 Å². The lowest BCUT2D eigenvalue weighted by Gasteiger charge is -2.01. The van der Waals surface area contributed by atoms with Crippen LogP contribution in [0.5, 0.6) is 0 Å². The van der Waals surface area contributed by atoms with Gasteiger partial charge in [0.05, 0.1) is 0 Å². The van der Waals surface area contributed by atoms with E-state index in [4.69, 9.17) is 0 Å². The molecule has 7 heteroatoms. The molecule has 0 spiro atoms. The van der Waals surface area contributed by atoms with Crippen LogP contribution in [0.4, 0.5) is 4.39 Å². The first-order valence-corrected chi connectivity index (χ1v) is 6.46. The summed E-state index contributed by atoms with van der Waals surface area (Å²) in [5.41, 5.74) is 2.87. The molecule has 0 aliphatic carbocycles. The van der Waals surface area contributed by atoms with Crippen LogP contribution >= 0.6 is 11.3 Å². The number of benzene rings is 1. The van der Waals surface area contributed by atoms with E-state index in [1.54, 1.807) is 24.6 Å². The Morgan fingerprint density at radius 2 is 2.32 bits per heavy atom. The molecule has 0 saturated heterocycles. The summed E-state index contributed by atoms with van der Waals surface area (Å²) >= 11 is 1.31. The first-order chi connectivity index (χ1) is 9.13. The fourth-order valence-electron chi connectivity index (χ4n) is 1.75. The minimum absolute atomic E-state index is 0.140. The molecule has 96 valence electrons. The van der Waals surface area contributed by atoms with E-state index in [1.807, 2.05) is 0 Å². The van der Waals surface area contributed by atoms with Crippen LogP contribution in [0.2, 0.25) is 0 Å². The van der Waals surface area contributed by atoms with E-state index in [9.17, 15) is 9.18 Å². The maximum Gasteiger partial charge on any atom is 0.233 e. The van der Waals surface area contributed by atoms with E-state index in [2.05, 4.69) is 15.2 Å². The maximum atomic E-state index is 13.1. The molecule has 5 nitrogen and oxygen atoms in total.